The van der Waals surface area contributed by atoms with Gasteiger partial charge in [-0.15, -0.1) is 0 Å². The molecule has 0 aliphatic carbocycles. The molecule has 0 unspecified atom stereocenters. The summed E-state index contributed by atoms with van der Waals surface area (Å²) in [4.78, 5) is 3.53. The van der Waals surface area contributed by atoms with E-state index >= 15 is 0 Å². The van der Waals surface area contributed by atoms with Crippen molar-refractivity contribution in [3.8, 4) is 28.2 Å². The van der Waals surface area contributed by atoms with E-state index in [0.29, 0.717) is 0 Å². The van der Waals surface area contributed by atoms with Crippen molar-refractivity contribution in [2.75, 3.05) is 0 Å². The highest BCUT2D eigenvalue weighted by Gasteiger charge is 2.18. The lowest BCUT2D eigenvalue weighted by atomic mass is 10.0. The van der Waals surface area contributed by atoms with E-state index in [1.54, 1.807) is 0 Å². The normalized spacial score (nSPS) is 12.0. The summed E-state index contributed by atoms with van der Waals surface area (Å²) >= 11 is 0. The number of H-pyrrole nitrogens is 1. The first-order valence-electron chi connectivity index (χ1n) is 17.9. The first-order valence-corrected chi connectivity index (χ1v) is 17.9. The molecule has 4 heterocycles. The quantitative estimate of drug-likeness (QED) is 0.194. The number of aromatic amines is 1. The number of nitrogens with one attached hydrogen (secondary N) is 1. The molecule has 0 saturated heterocycles. The zero-order valence-corrected chi connectivity index (χ0v) is 28.9. The monoisotopic (exact) mass is 666 g/mol. The first-order chi connectivity index (χ1) is 25.6. The van der Waals surface area contributed by atoms with Gasteiger partial charge in [0.05, 0.1) is 27.6 Å². The second-order valence-corrected chi connectivity index (χ2v) is 14.1. The van der Waals surface area contributed by atoms with Crippen LogP contribution in [0.1, 0.15) is 11.1 Å². The molecule has 0 aliphatic heterocycles. The molecule has 0 spiro atoms. The lowest BCUT2D eigenvalue weighted by Gasteiger charge is -2.12. The fourth-order valence-corrected chi connectivity index (χ4v) is 8.57. The van der Waals surface area contributed by atoms with Crippen LogP contribution < -0.4 is 0 Å². The maximum atomic E-state index is 3.53. The van der Waals surface area contributed by atoms with E-state index in [-0.39, 0.29) is 0 Å². The number of rotatable bonds is 4. The van der Waals surface area contributed by atoms with Crippen molar-refractivity contribution in [1.82, 2.24) is 18.7 Å². The van der Waals surface area contributed by atoms with Crippen molar-refractivity contribution in [2.45, 2.75) is 13.8 Å². The van der Waals surface area contributed by atoms with Crippen LogP contribution in [0.25, 0.3) is 93.7 Å². The fourth-order valence-electron chi connectivity index (χ4n) is 8.57. The zero-order valence-electron chi connectivity index (χ0n) is 28.9. The van der Waals surface area contributed by atoms with Gasteiger partial charge >= 0.3 is 0 Å². The summed E-state index contributed by atoms with van der Waals surface area (Å²) in [7, 11) is 0. The van der Waals surface area contributed by atoms with Crippen LogP contribution in [-0.4, -0.2) is 18.7 Å². The average Bonchev–Trinajstić information content (AvgIpc) is 3.94. The molecule has 4 aromatic heterocycles. The molecule has 0 radical (unpaired) electrons. The van der Waals surface area contributed by atoms with Gasteiger partial charge in [-0.05, 0) is 116 Å². The third-order valence-electron chi connectivity index (χ3n) is 10.9. The number of aromatic nitrogens is 4. The van der Waals surface area contributed by atoms with E-state index in [2.05, 4.69) is 190 Å². The van der Waals surface area contributed by atoms with E-state index < -0.39 is 0 Å². The molecule has 11 rings (SSSR count). The smallest absolute Gasteiger partial charge is 0.123 e. The predicted molar refractivity (Wildman–Crippen MR) is 219 cm³/mol. The Hall–Kier alpha value is -6.78. The van der Waals surface area contributed by atoms with Gasteiger partial charge in [-0.2, -0.15) is 0 Å². The maximum absolute atomic E-state index is 3.53. The largest absolute Gasteiger partial charge is 0.347 e. The standard InChI is InChI=1S/C48H34N4/c1-30-12-20-44-39(26-30)40-27-31(2)13-21-45(40)51(44)36-19-23-46-42(29-36)37-10-6-7-11-43(37)50(46)34-15-17-35(18-16-34)52-47-22-14-33(32-8-4-3-5-9-32)28-41(47)38-24-25-49-48(38)52/h3-29,49H,1-2H3. The summed E-state index contributed by atoms with van der Waals surface area (Å²) in [6.45, 7) is 4.35. The Bertz CT molecular complexity index is 3120. The minimum atomic E-state index is 1.10. The van der Waals surface area contributed by atoms with Gasteiger partial charge in [-0.1, -0.05) is 77.9 Å². The third-order valence-corrected chi connectivity index (χ3v) is 10.9. The van der Waals surface area contributed by atoms with Crippen LogP contribution in [-0.2, 0) is 0 Å². The number of aryl methyl sites for hydroxylation is 2. The van der Waals surface area contributed by atoms with Crippen LogP contribution in [0.3, 0.4) is 0 Å². The predicted octanol–water partition coefficient (Wildman–Crippen LogP) is 12.6. The van der Waals surface area contributed by atoms with Gasteiger partial charge < -0.3 is 14.1 Å². The molecule has 0 amide bonds. The van der Waals surface area contributed by atoms with Crippen molar-refractivity contribution in [3.63, 3.8) is 0 Å². The van der Waals surface area contributed by atoms with Crippen molar-refractivity contribution in [3.05, 3.63) is 175 Å². The summed E-state index contributed by atoms with van der Waals surface area (Å²) in [5.74, 6) is 0. The minimum absolute atomic E-state index is 1.10. The molecule has 52 heavy (non-hydrogen) atoms. The van der Waals surface area contributed by atoms with Crippen LogP contribution >= 0.6 is 0 Å². The summed E-state index contributed by atoms with van der Waals surface area (Å²) in [5, 5.41) is 7.55. The van der Waals surface area contributed by atoms with Gasteiger partial charge in [-0.3, -0.25) is 4.57 Å². The topological polar surface area (TPSA) is 30.6 Å². The van der Waals surface area contributed by atoms with Crippen molar-refractivity contribution >= 4 is 65.5 Å². The van der Waals surface area contributed by atoms with Crippen molar-refractivity contribution in [2.24, 2.45) is 0 Å². The fraction of sp³-hybridized carbons (Fsp3) is 0.0417. The highest BCUT2D eigenvalue weighted by molar-refractivity contribution is 6.13. The number of benzene rings is 7. The lowest BCUT2D eigenvalue weighted by molar-refractivity contribution is 1.12. The van der Waals surface area contributed by atoms with Crippen LogP contribution in [0.5, 0.6) is 0 Å². The number of hydrogen-bond donors (Lipinski definition) is 1. The molecular weight excluding hydrogens is 633 g/mol. The molecular formula is C48H34N4. The molecule has 0 aliphatic rings. The molecule has 0 bridgehead atoms. The highest BCUT2D eigenvalue weighted by atomic mass is 15.1. The van der Waals surface area contributed by atoms with Crippen molar-refractivity contribution in [1.29, 1.82) is 0 Å². The van der Waals surface area contributed by atoms with Crippen LogP contribution in [0.2, 0.25) is 0 Å². The Labute approximate surface area is 300 Å². The number of para-hydroxylation sites is 1. The molecule has 0 fully saturated rings. The second kappa shape index (κ2) is 10.9. The molecule has 0 saturated carbocycles. The Morgan fingerprint density at radius 1 is 0.346 bits per heavy atom. The van der Waals surface area contributed by atoms with E-state index in [0.717, 1.165) is 17.0 Å². The van der Waals surface area contributed by atoms with Crippen LogP contribution in [0, 0.1) is 13.8 Å². The zero-order chi connectivity index (χ0) is 34.5. The third kappa shape index (κ3) is 4.15. The molecule has 1 N–H and O–H groups in total. The van der Waals surface area contributed by atoms with Gasteiger partial charge in [0.25, 0.3) is 0 Å². The van der Waals surface area contributed by atoms with Gasteiger partial charge in [0.15, 0.2) is 0 Å². The van der Waals surface area contributed by atoms with Gasteiger partial charge in [0, 0.05) is 55.6 Å². The lowest BCUT2D eigenvalue weighted by Crippen LogP contribution is -1.98. The number of fused-ring (bicyclic) bond motifs is 9. The summed E-state index contributed by atoms with van der Waals surface area (Å²) in [6, 6.07) is 58.0. The Kier molecular flexibility index (Phi) is 6.06. The molecule has 246 valence electrons. The van der Waals surface area contributed by atoms with Gasteiger partial charge in [0.2, 0.25) is 0 Å². The Balaban J connectivity index is 1.06. The number of nitrogens with zero attached hydrogens (tertiary/aromatic N) is 3. The second-order valence-electron chi connectivity index (χ2n) is 14.1. The summed E-state index contributed by atoms with van der Waals surface area (Å²) in [6.07, 6.45) is 2.04. The first kappa shape index (κ1) is 29.0. The van der Waals surface area contributed by atoms with Gasteiger partial charge in [-0.25, -0.2) is 0 Å². The average molecular weight is 667 g/mol. The minimum Gasteiger partial charge on any atom is -0.347 e. The maximum Gasteiger partial charge on any atom is 0.123 e. The summed E-state index contributed by atoms with van der Waals surface area (Å²) in [5.41, 5.74) is 15.6. The molecule has 11 aromatic rings. The SMILES string of the molecule is Cc1ccc2c(c1)c1cc(C)ccc1n2-c1ccc2c(c1)c1ccccc1n2-c1ccc(-n2c3ccc(-c4ccccc4)cc3c3cc[nH]c32)cc1. The van der Waals surface area contributed by atoms with Crippen LogP contribution in [0.15, 0.2) is 164 Å². The Morgan fingerprint density at radius 3 is 1.60 bits per heavy atom. The van der Waals surface area contributed by atoms with E-state index in [4.69, 9.17) is 0 Å². The van der Waals surface area contributed by atoms with Crippen molar-refractivity contribution < 1.29 is 0 Å². The van der Waals surface area contributed by atoms with Crippen LogP contribution in [0.4, 0.5) is 0 Å². The molecule has 4 heteroatoms. The van der Waals surface area contributed by atoms with Gasteiger partial charge in [0.1, 0.15) is 5.65 Å². The summed E-state index contributed by atoms with van der Waals surface area (Å²) < 4.78 is 7.17. The van der Waals surface area contributed by atoms with E-state index in [9.17, 15) is 0 Å². The molecule has 7 aromatic carbocycles. The molecule has 4 nitrogen and oxygen atoms in total. The molecule has 0 atom stereocenters. The van der Waals surface area contributed by atoms with E-state index in [1.807, 2.05) is 6.20 Å². The number of hydrogen-bond acceptors (Lipinski definition) is 0. The Morgan fingerprint density at radius 2 is 0.865 bits per heavy atom. The highest BCUT2D eigenvalue weighted by Crippen LogP contribution is 2.39. The van der Waals surface area contributed by atoms with E-state index in [1.165, 1.54) is 87.8 Å².